The second-order valence-electron chi connectivity index (χ2n) is 4.55. The first-order chi connectivity index (χ1) is 10.5. The molecule has 1 N–H and O–H groups in total. The summed E-state index contributed by atoms with van der Waals surface area (Å²) in [6.45, 7) is 0. The average molecular weight is 304 g/mol. The minimum atomic E-state index is -0.707. The average Bonchev–Trinajstić information content (AvgIpc) is 2.48. The van der Waals surface area contributed by atoms with Gasteiger partial charge >= 0.3 is 0 Å². The van der Waals surface area contributed by atoms with Gasteiger partial charge in [-0.2, -0.15) is 5.26 Å². The van der Waals surface area contributed by atoms with Crippen molar-refractivity contribution >= 4 is 11.6 Å². The molecule has 0 fully saturated rings. The molecule has 0 saturated carbocycles. The molecule has 2 aromatic rings. The Kier molecular flexibility index (Phi) is 4.79. The number of carbonyl (C=O) groups excluding carboxylic acids is 1. The maximum atomic E-state index is 13.4. The molecule has 0 aliphatic rings. The topological polar surface area (TPSA) is 52.9 Å². The van der Waals surface area contributed by atoms with E-state index >= 15 is 0 Å². The summed E-state index contributed by atoms with van der Waals surface area (Å²) in [5.41, 5.74) is -0.107. The molecule has 0 radical (unpaired) electrons. The van der Waals surface area contributed by atoms with E-state index in [1.807, 2.05) is 0 Å². The zero-order valence-electron chi connectivity index (χ0n) is 11.4. The molecule has 112 valence electrons. The lowest BCUT2D eigenvalue weighted by Gasteiger charge is -2.07. The zero-order valence-corrected chi connectivity index (χ0v) is 11.4. The van der Waals surface area contributed by atoms with Crippen molar-refractivity contribution in [2.75, 3.05) is 5.32 Å². The first kappa shape index (κ1) is 15.6. The number of nitrogens with one attached hydrogen (secondary N) is 1. The first-order valence-electron chi connectivity index (χ1n) is 6.43. The van der Waals surface area contributed by atoms with Crippen molar-refractivity contribution in [2.45, 2.75) is 12.8 Å². The molecule has 1 amide bonds. The third kappa shape index (κ3) is 3.64. The van der Waals surface area contributed by atoms with E-state index in [0.717, 1.165) is 18.2 Å². The Morgan fingerprint density at radius 2 is 1.77 bits per heavy atom. The van der Waals surface area contributed by atoms with E-state index in [9.17, 15) is 18.0 Å². The van der Waals surface area contributed by atoms with Crippen LogP contribution in [0.1, 0.15) is 17.5 Å². The highest BCUT2D eigenvalue weighted by Crippen LogP contribution is 2.16. The number of anilines is 1. The Labute approximate surface area is 125 Å². The van der Waals surface area contributed by atoms with E-state index in [0.29, 0.717) is 0 Å². The van der Waals surface area contributed by atoms with Crippen molar-refractivity contribution in [2.24, 2.45) is 0 Å². The number of benzene rings is 2. The number of halogens is 3. The summed E-state index contributed by atoms with van der Waals surface area (Å²) in [7, 11) is 0. The van der Waals surface area contributed by atoms with Crippen LogP contribution in [0.15, 0.2) is 36.4 Å². The molecule has 3 nitrogen and oxygen atoms in total. The van der Waals surface area contributed by atoms with Gasteiger partial charge in [-0.05, 0) is 36.8 Å². The number of rotatable bonds is 4. The van der Waals surface area contributed by atoms with Gasteiger partial charge in [0.2, 0.25) is 5.91 Å². The van der Waals surface area contributed by atoms with Crippen LogP contribution in [0.2, 0.25) is 0 Å². The van der Waals surface area contributed by atoms with E-state index in [1.165, 1.54) is 18.2 Å². The molecular formula is C16H11F3N2O. The lowest BCUT2D eigenvalue weighted by Crippen LogP contribution is -2.13. The van der Waals surface area contributed by atoms with E-state index in [2.05, 4.69) is 5.32 Å². The van der Waals surface area contributed by atoms with Gasteiger partial charge in [0.25, 0.3) is 0 Å². The molecule has 0 saturated heterocycles. The molecule has 2 aromatic carbocycles. The molecule has 2 rings (SSSR count). The monoisotopic (exact) mass is 304 g/mol. The molecule has 0 spiro atoms. The van der Waals surface area contributed by atoms with Crippen molar-refractivity contribution in [1.29, 1.82) is 5.26 Å². The number of nitrogens with zero attached hydrogens (tertiary/aromatic N) is 1. The van der Waals surface area contributed by atoms with Crippen LogP contribution in [0.25, 0.3) is 0 Å². The number of amides is 1. The molecule has 0 aliphatic carbocycles. The van der Waals surface area contributed by atoms with Crippen molar-refractivity contribution in [1.82, 2.24) is 0 Å². The minimum absolute atomic E-state index is 0.101. The molecule has 0 aliphatic heterocycles. The SMILES string of the molecule is N#Cc1cc(NC(=O)CCc2c(F)cccc2F)ccc1F. The summed E-state index contributed by atoms with van der Waals surface area (Å²) in [4.78, 5) is 11.8. The van der Waals surface area contributed by atoms with Crippen LogP contribution >= 0.6 is 0 Å². The zero-order chi connectivity index (χ0) is 16.1. The summed E-state index contributed by atoms with van der Waals surface area (Å²) in [6, 6.07) is 8.70. The number of carbonyl (C=O) groups is 1. The van der Waals surface area contributed by atoms with Crippen molar-refractivity contribution in [3.05, 3.63) is 65.0 Å². The summed E-state index contributed by atoms with van der Waals surface area (Å²) < 4.78 is 40.0. The summed E-state index contributed by atoms with van der Waals surface area (Å²) in [5.74, 6) is -2.59. The fraction of sp³-hybridized carbons (Fsp3) is 0.125. The molecule has 22 heavy (non-hydrogen) atoms. The molecular weight excluding hydrogens is 293 g/mol. The third-order valence-corrected chi connectivity index (χ3v) is 3.03. The lowest BCUT2D eigenvalue weighted by molar-refractivity contribution is -0.116. The van der Waals surface area contributed by atoms with Gasteiger partial charge in [0, 0.05) is 17.7 Å². The quantitative estimate of drug-likeness (QED) is 0.939. The Morgan fingerprint density at radius 3 is 2.41 bits per heavy atom. The Morgan fingerprint density at radius 1 is 1.09 bits per heavy atom. The minimum Gasteiger partial charge on any atom is -0.326 e. The smallest absolute Gasteiger partial charge is 0.224 e. The van der Waals surface area contributed by atoms with Gasteiger partial charge < -0.3 is 5.32 Å². The van der Waals surface area contributed by atoms with Crippen LogP contribution in [0.4, 0.5) is 18.9 Å². The maximum Gasteiger partial charge on any atom is 0.224 e. The summed E-state index contributed by atoms with van der Waals surface area (Å²) >= 11 is 0. The fourth-order valence-electron chi connectivity index (χ4n) is 1.92. The predicted molar refractivity (Wildman–Crippen MR) is 74.4 cm³/mol. The molecule has 0 bridgehead atoms. The number of hydrogen-bond donors (Lipinski definition) is 1. The van der Waals surface area contributed by atoms with Crippen LogP contribution in [0.5, 0.6) is 0 Å². The van der Waals surface area contributed by atoms with Crippen molar-refractivity contribution in [3.63, 3.8) is 0 Å². The Balaban J connectivity index is 2.01. The fourth-order valence-corrected chi connectivity index (χ4v) is 1.92. The predicted octanol–water partition coefficient (Wildman–Crippen LogP) is 3.55. The van der Waals surface area contributed by atoms with E-state index in [1.54, 1.807) is 6.07 Å². The van der Waals surface area contributed by atoms with Gasteiger partial charge in [-0.15, -0.1) is 0 Å². The van der Waals surface area contributed by atoms with Crippen LogP contribution < -0.4 is 5.32 Å². The van der Waals surface area contributed by atoms with Gasteiger partial charge in [0.05, 0.1) is 5.56 Å². The molecule has 0 atom stereocenters. The molecule has 0 unspecified atom stereocenters. The van der Waals surface area contributed by atoms with Gasteiger partial charge in [0.1, 0.15) is 23.5 Å². The Hall–Kier alpha value is -2.81. The van der Waals surface area contributed by atoms with Crippen LogP contribution in [0.3, 0.4) is 0 Å². The van der Waals surface area contributed by atoms with Gasteiger partial charge in [-0.3, -0.25) is 4.79 Å². The second-order valence-corrected chi connectivity index (χ2v) is 4.55. The highest BCUT2D eigenvalue weighted by atomic mass is 19.1. The molecule has 0 aromatic heterocycles. The van der Waals surface area contributed by atoms with Crippen LogP contribution in [0, 0.1) is 28.8 Å². The number of nitriles is 1. The van der Waals surface area contributed by atoms with E-state index in [-0.39, 0.29) is 29.7 Å². The summed E-state index contributed by atoms with van der Waals surface area (Å²) in [6.07, 6.45) is -0.242. The normalized spacial score (nSPS) is 10.1. The second kappa shape index (κ2) is 6.76. The number of hydrogen-bond acceptors (Lipinski definition) is 2. The summed E-state index contributed by atoms with van der Waals surface area (Å²) in [5, 5.41) is 11.2. The van der Waals surface area contributed by atoms with Gasteiger partial charge in [-0.1, -0.05) is 6.07 Å². The highest BCUT2D eigenvalue weighted by molar-refractivity contribution is 5.91. The van der Waals surface area contributed by atoms with E-state index in [4.69, 9.17) is 5.26 Å². The van der Waals surface area contributed by atoms with Gasteiger partial charge in [-0.25, -0.2) is 13.2 Å². The van der Waals surface area contributed by atoms with Crippen LogP contribution in [-0.2, 0) is 11.2 Å². The third-order valence-electron chi connectivity index (χ3n) is 3.03. The van der Waals surface area contributed by atoms with Crippen molar-refractivity contribution < 1.29 is 18.0 Å². The molecule has 0 heterocycles. The molecule has 6 heteroatoms. The van der Waals surface area contributed by atoms with Gasteiger partial charge in [0.15, 0.2) is 0 Å². The Bertz CT molecular complexity index is 733. The largest absolute Gasteiger partial charge is 0.326 e. The maximum absolute atomic E-state index is 13.4. The van der Waals surface area contributed by atoms with Crippen molar-refractivity contribution in [3.8, 4) is 6.07 Å². The standard InChI is InChI=1S/C16H11F3N2O/c17-13-6-4-11(8-10(13)9-20)21-16(22)7-5-12-14(18)2-1-3-15(12)19/h1-4,6,8H,5,7H2,(H,21,22). The lowest BCUT2D eigenvalue weighted by atomic mass is 10.1. The first-order valence-corrected chi connectivity index (χ1v) is 6.43. The van der Waals surface area contributed by atoms with Crippen LogP contribution in [-0.4, -0.2) is 5.91 Å². The highest BCUT2D eigenvalue weighted by Gasteiger charge is 2.11. The van der Waals surface area contributed by atoms with E-state index < -0.39 is 23.4 Å².